The second kappa shape index (κ2) is 4.91. The molecule has 1 aliphatic heterocycles. The molecule has 1 heterocycles. The highest BCUT2D eigenvalue weighted by Gasteiger charge is 2.06. The van der Waals surface area contributed by atoms with Gasteiger partial charge in [0.1, 0.15) is 5.82 Å². The van der Waals surface area contributed by atoms with Gasteiger partial charge in [0.25, 0.3) is 0 Å². The molecule has 2 aromatic rings. The maximum atomic E-state index is 4.62. The molecule has 0 atom stereocenters. The van der Waals surface area contributed by atoms with Crippen LogP contribution in [0.3, 0.4) is 0 Å². The zero-order chi connectivity index (χ0) is 14.1. The van der Waals surface area contributed by atoms with Crippen molar-refractivity contribution in [2.24, 2.45) is 0 Å². The van der Waals surface area contributed by atoms with E-state index in [4.69, 9.17) is 0 Å². The summed E-state index contributed by atoms with van der Waals surface area (Å²) >= 11 is 0. The molecule has 21 heavy (non-hydrogen) atoms. The molecule has 1 N–H and O–H groups in total. The first-order valence-corrected chi connectivity index (χ1v) is 7.00. The van der Waals surface area contributed by atoms with Crippen LogP contribution >= 0.6 is 0 Å². The lowest BCUT2D eigenvalue weighted by Gasteiger charge is -2.04. The minimum absolute atomic E-state index is 0.881. The van der Waals surface area contributed by atoms with Crippen molar-refractivity contribution < 1.29 is 0 Å². The van der Waals surface area contributed by atoms with Crippen molar-refractivity contribution in [1.82, 2.24) is 4.98 Å². The Kier molecular flexibility index (Phi) is 2.79. The molecule has 2 heteroatoms. The van der Waals surface area contributed by atoms with Gasteiger partial charge < -0.3 is 5.32 Å². The number of hydrogen-bond donors (Lipinski definition) is 1. The molecule has 0 spiro atoms. The smallest absolute Gasteiger partial charge is 0.131 e. The van der Waals surface area contributed by atoms with Crippen molar-refractivity contribution in [1.29, 1.82) is 0 Å². The van der Waals surface area contributed by atoms with Crippen LogP contribution in [0.25, 0.3) is 22.0 Å². The fourth-order valence-corrected chi connectivity index (χ4v) is 2.56. The van der Waals surface area contributed by atoms with Crippen LogP contribution in [0, 0.1) is 0 Å². The third kappa shape index (κ3) is 2.32. The molecule has 0 saturated carbocycles. The summed E-state index contributed by atoms with van der Waals surface area (Å²) in [4.78, 5) is 4.62. The van der Waals surface area contributed by atoms with E-state index in [-0.39, 0.29) is 0 Å². The minimum atomic E-state index is 0.881. The van der Waals surface area contributed by atoms with Crippen molar-refractivity contribution in [2.75, 3.05) is 5.32 Å². The van der Waals surface area contributed by atoms with Crippen molar-refractivity contribution in [3.63, 3.8) is 0 Å². The van der Waals surface area contributed by atoms with Gasteiger partial charge in [0.05, 0.1) is 5.69 Å². The van der Waals surface area contributed by atoms with Crippen LogP contribution < -0.4 is 5.32 Å². The Morgan fingerprint density at radius 2 is 1.48 bits per heavy atom. The summed E-state index contributed by atoms with van der Waals surface area (Å²) in [6.07, 6.45) is 0. The molecule has 2 aliphatic rings. The summed E-state index contributed by atoms with van der Waals surface area (Å²) in [7, 11) is 0. The van der Waals surface area contributed by atoms with Crippen LogP contribution in [0.1, 0.15) is 0 Å². The summed E-state index contributed by atoms with van der Waals surface area (Å²) < 4.78 is 0. The number of rotatable bonds is 2. The summed E-state index contributed by atoms with van der Waals surface area (Å²) in [5.41, 5.74) is 3.20. The van der Waals surface area contributed by atoms with Gasteiger partial charge in [-0.1, -0.05) is 54.6 Å². The SMILES string of the molecule is c1ccc2cc(Nc3ccc4ccccc4c3)nc-2cc1. The van der Waals surface area contributed by atoms with Crippen molar-refractivity contribution >= 4 is 22.3 Å². The largest absolute Gasteiger partial charge is 0.340 e. The first-order chi connectivity index (χ1) is 10.4. The number of aromatic nitrogens is 1. The predicted octanol–water partition coefficient (Wildman–Crippen LogP) is 5.08. The van der Waals surface area contributed by atoms with E-state index in [1.807, 2.05) is 24.3 Å². The number of nitrogens with zero attached hydrogens (tertiary/aromatic N) is 1. The van der Waals surface area contributed by atoms with Crippen LogP contribution in [0.4, 0.5) is 11.5 Å². The van der Waals surface area contributed by atoms with Crippen LogP contribution in [-0.2, 0) is 0 Å². The maximum Gasteiger partial charge on any atom is 0.131 e. The van der Waals surface area contributed by atoms with Gasteiger partial charge in [-0.2, -0.15) is 0 Å². The molecule has 0 saturated heterocycles. The molecule has 0 radical (unpaired) electrons. The lowest BCUT2D eigenvalue weighted by molar-refractivity contribution is 1.38. The van der Waals surface area contributed by atoms with E-state index in [9.17, 15) is 0 Å². The molecule has 2 aromatic carbocycles. The van der Waals surface area contributed by atoms with Gasteiger partial charge in [0.2, 0.25) is 0 Å². The third-order valence-electron chi connectivity index (χ3n) is 3.60. The fourth-order valence-electron chi connectivity index (χ4n) is 2.56. The van der Waals surface area contributed by atoms with E-state index in [0.29, 0.717) is 0 Å². The Morgan fingerprint density at radius 1 is 0.667 bits per heavy atom. The highest BCUT2D eigenvalue weighted by atomic mass is 15.0. The molecule has 0 bridgehead atoms. The van der Waals surface area contributed by atoms with E-state index in [1.54, 1.807) is 0 Å². The first kappa shape index (κ1) is 11.9. The van der Waals surface area contributed by atoms with Gasteiger partial charge in [-0.25, -0.2) is 4.98 Å². The quantitative estimate of drug-likeness (QED) is 0.549. The monoisotopic (exact) mass is 270 g/mol. The number of fused-ring (bicyclic) bond motifs is 2. The fraction of sp³-hybridized carbons (Fsp3) is 0. The van der Waals surface area contributed by atoms with E-state index in [0.717, 1.165) is 22.8 Å². The predicted molar refractivity (Wildman–Crippen MR) is 88.1 cm³/mol. The number of nitrogens with one attached hydrogen (secondary N) is 1. The zero-order valence-corrected chi connectivity index (χ0v) is 11.5. The Hall–Kier alpha value is -2.87. The van der Waals surface area contributed by atoms with Crippen molar-refractivity contribution in [3.8, 4) is 11.3 Å². The van der Waals surface area contributed by atoms with Gasteiger partial charge in [-0.15, -0.1) is 0 Å². The first-order valence-electron chi connectivity index (χ1n) is 7.00. The molecule has 100 valence electrons. The van der Waals surface area contributed by atoms with E-state index < -0.39 is 0 Å². The molecule has 2 nitrogen and oxygen atoms in total. The highest BCUT2D eigenvalue weighted by Crippen LogP contribution is 2.27. The highest BCUT2D eigenvalue weighted by molar-refractivity contribution is 5.86. The van der Waals surface area contributed by atoms with Crippen LogP contribution in [0.2, 0.25) is 0 Å². The lowest BCUT2D eigenvalue weighted by atomic mass is 10.1. The Morgan fingerprint density at radius 3 is 2.43 bits per heavy atom. The van der Waals surface area contributed by atoms with Gasteiger partial charge in [0, 0.05) is 11.3 Å². The summed E-state index contributed by atoms with van der Waals surface area (Å²) in [5, 5.41) is 5.86. The topological polar surface area (TPSA) is 24.9 Å². The number of benzene rings is 2. The summed E-state index contributed by atoms with van der Waals surface area (Å²) in [6.45, 7) is 0. The molecule has 0 unspecified atom stereocenters. The molecule has 1 aliphatic carbocycles. The second-order valence-electron chi connectivity index (χ2n) is 5.08. The number of hydrogen-bond acceptors (Lipinski definition) is 2. The normalized spacial score (nSPS) is 10.9. The van der Waals surface area contributed by atoms with Crippen LogP contribution in [-0.4, -0.2) is 4.98 Å². The molecule has 0 aromatic heterocycles. The average molecular weight is 270 g/mol. The van der Waals surface area contributed by atoms with Gasteiger partial charge in [-0.05, 0) is 35.0 Å². The second-order valence-corrected chi connectivity index (χ2v) is 5.08. The number of anilines is 2. The molecule has 0 amide bonds. The van der Waals surface area contributed by atoms with E-state index >= 15 is 0 Å². The molecule has 4 rings (SSSR count). The Labute approximate surface area is 123 Å². The minimum Gasteiger partial charge on any atom is -0.340 e. The van der Waals surface area contributed by atoms with E-state index in [1.165, 1.54) is 10.8 Å². The molecular weight excluding hydrogens is 256 g/mol. The van der Waals surface area contributed by atoms with E-state index in [2.05, 4.69) is 64.9 Å². The van der Waals surface area contributed by atoms with Gasteiger partial charge >= 0.3 is 0 Å². The summed E-state index contributed by atoms with van der Waals surface area (Å²) in [5.74, 6) is 0.881. The van der Waals surface area contributed by atoms with Crippen LogP contribution in [0.15, 0.2) is 78.9 Å². The van der Waals surface area contributed by atoms with Crippen molar-refractivity contribution in [3.05, 3.63) is 78.9 Å². The van der Waals surface area contributed by atoms with Gasteiger partial charge in [-0.3, -0.25) is 0 Å². The third-order valence-corrected chi connectivity index (χ3v) is 3.60. The standard InChI is InChI=1S/C19H14N2/c1-2-8-16-13-19(21-18(16)9-3-1)20-17-11-10-14-6-4-5-7-15(14)12-17/h1-13H,(H,20,21). The van der Waals surface area contributed by atoms with Crippen LogP contribution in [0.5, 0.6) is 0 Å². The van der Waals surface area contributed by atoms with Crippen molar-refractivity contribution in [2.45, 2.75) is 0 Å². The zero-order valence-electron chi connectivity index (χ0n) is 11.5. The average Bonchev–Trinajstić information content (AvgIpc) is 2.76. The molecule has 0 fully saturated rings. The van der Waals surface area contributed by atoms with Gasteiger partial charge in [0.15, 0.2) is 0 Å². The Balaban J connectivity index is 1.71. The molecular formula is C19H14N2. The summed E-state index contributed by atoms with van der Waals surface area (Å²) in [6, 6.07) is 26.9. The lowest BCUT2D eigenvalue weighted by Crippen LogP contribution is -1.89. The maximum absolute atomic E-state index is 4.62. The Bertz CT molecular complexity index is 852.